The fourth-order valence-electron chi connectivity index (χ4n) is 10.8. The van der Waals surface area contributed by atoms with Gasteiger partial charge in [-0.15, -0.1) is 0 Å². The number of hydrogen-bond donors (Lipinski definition) is 0. The smallest absolute Gasteiger partial charge is 0.0788 e. The number of nitrogens with zero attached hydrogens (tertiary/aromatic N) is 3. The SMILES string of the molecule is c1ccc(-c2c(-c3ccc4ccccc4c3)c3cc(-n4c5ccccc5c5cc6ccccc6cc54)ccc3c3ncc(-n4c5ccccc5c5cc6ccccc6cc54)cc23)cc1. The van der Waals surface area contributed by atoms with Crippen molar-refractivity contribution in [2.24, 2.45) is 0 Å². The molecular weight excluding hydrogens is 775 g/mol. The van der Waals surface area contributed by atoms with E-state index in [4.69, 9.17) is 4.98 Å². The lowest BCUT2D eigenvalue weighted by Gasteiger charge is -2.20. The number of fused-ring (bicyclic) bond motifs is 12. The van der Waals surface area contributed by atoms with Gasteiger partial charge in [0, 0.05) is 38.0 Å². The van der Waals surface area contributed by atoms with Crippen molar-refractivity contribution in [3.8, 4) is 33.6 Å². The van der Waals surface area contributed by atoms with Crippen LogP contribution in [-0.2, 0) is 0 Å². The molecule has 0 saturated heterocycles. The molecule has 0 aliphatic heterocycles. The Hall–Kier alpha value is -8.53. The highest BCUT2D eigenvalue weighted by Gasteiger charge is 2.23. The monoisotopic (exact) mass is 811 g/mol. The quantitative estimate of drug-likeness (QED) is 0.162. The molecule has 3 nitrogen and oxygen atoms in total. The predicted molar refractivity (Wildman–Crippen MR) is 271 cm³/mol. The minimum atomic E-state index is 0.980. The molecule has 0 aliphatic rings. The Morgan fingerprint density at radius 3 is 1.41 bits per heavy atom. The van der Waals surface area contributed by atoms with Gasteiger partial charge in [-0.25, -0.2) is 0 Å². The maximum absolute atomic E-state index is 5.51. The molecule has 0 N–H and O–H groups in total. The van der Waals surface area contributed by atoms with Crippen molar-refractivity contribution in [1.29, 1.82) is 0 Å². The summed E-state index contributed by atoms with van der Waals surface area (Å²) in [6, 6.07) is 80.3. The van der Waals surface area contributed by atoms with Crippen LogP contribution in [0.15, 0.2) is 225 Å². The highest BCUT2D eigenvalue weighted by Crippen LogP contribution is 2.47. The number of aromatic nitrogens is 3. The third kappa shape index (κ3) is 5.13. The van der Waals surface area contributed by atoms with Crippen molar-refractivity contribution < 1.29 is 0 Å². The zero-order valence-corrected chi connectivity index (χ0v) is 34.7. The summed E-state index contributed by atoms with van der Waals surface area (Å²) in [6.45, 7) is 0. The van der Waals surface area contributed by atoms with E-state index >= 15 is 0 Å². The van der Waals surface area contributed by atoms with Crippen molar-refractivity contribution >= 4 is 97.6 Å². The van der Waals surface area contributed by atoms with Gasteiger partial charge in [0.25, 0.3) is 0 Å². The standard InChI is InChI=1S/C61H37N3/c1-2-15-39(16-3-1)59-54-36-47(64-56-25-13-11-23-49(56)52-32-42-19-7-9-21-44(42)34-58(52)64)37-62-61(54)50-29-28-46(35-53(50)60(59)45-27-26-38-14-4-5-17-40(38)30-45)63-55-24-12-10-22-48(55)51-31-41-18-6-8-20-43(41)33-57(51)63/h1-37H. The molecule has 0 bridgehead atoms. The highest BCUT2D eigenvalue weighted by atomic mass is 15.0. The van der Waals surface area contributed by atoms with Gasteiger partial charge >= 0.3 is 0 Å². The van der Waals surface area contributed by atoms with Gasteiger partial charge in [0.2, 0.25) is 0 Å². The van der Waals surface area contributed by atoms with E-state index in [9.17, 15) is 0 Å². The second kappa shape index (κ2) is 13.5. The van der Waals surface area contributed by atoms with Gasteiger partial charge in [0.15, 0.2) is 0 Å². The zero-order chi connectivity index (χ0) is 41.9. The molecule has 0 radical (unpaired) electrons. The molecule has 0 fully saturated rings. The fourth-order valence-corrected chi connectivity index (χ4v) is 10.8. The number of benzene rings is 11. The Bertz CT molecular complexity index is 4250. The molecule has 3 heterocycles. The molecular formula is C61H37N3. The molecule has 3 aromatic heterocycles. The lowest BCUT2D eigenvalue weighted by atomic mass is 9.85. The largest absolute Gasteiger partial charge is 0.309 e. The average Bonchev–Trinajstić information content (AvgIpc) is 3.85. The van der Waals surface area contributed by atoms with Crippen LogP contribution in [0.2, 0.25) is 0 Å². The molecule has 296 valence electrons. The van der Waals surface area contributed by atoms with Crippen LogP contribution in [0.3, 0.4) is 0 Å². The lowest BCUT2D eigenvalue weighted by molar-refractivity contribution is 1.16. The molecule has 0 spiro atoms. The Morgan fingerprint density at radius 2 is 0.766 bits per heavy atom. The third-order valence-electron chi connectivity index (χ3n) is 13.6. The topological polar surface area (TPSA) is 22.8 Å². The number of hydrogen-bond acceptors (Lipinski definition) is 1. The van der Waals surface area contributed by atoms with Gasteiger partial charge in [0.1, 0.15) is 0 Å². The Kier molecular flexibility index (Phi) is 7.40. The van der Waals surface area contributed by atoms with Gasteiger partial charge in [-0.3, -0.25) is 4.98 Å². The number of para-hydroxylation sites is 2. The van der Waals surface area contributed by atoms with E-state index < -0.39 is 0 Å². The van der Waals surface area contributed by atoms with Gasteiger partial charge in [-0.2, -0.15) is 0 Å². The Morgan fingerprint density at radius 1 is 0.266 bits per heavy atom. The van der Waals surface area contributed by atoms with Gasteiger partial charge in [0.05, 0.1) is 39.5 Å². The first-order valence-corrected chi connectivity index (χ1v) is 22.0. The molecule has 11 aromatic carbocycles. The van der Waals surface area contributed by atoms with Crippen LogP contribution in [0.25, 0.3) is 131 Å². The van der Waals surface area contributed by atoms with E-state index in [0.29, 0.717) is 0 Å². The maximum Gasteiger partial charge on any atom is 0.0788 e. The van der Waals surface area contributed by atoms with Crippen LogP contribution in [0.5, 0.6) is 0 Å². The summed E-state index contributed by atoms with van der Waals surface area (Å²) in [7, 11) is 0. The lowest BCUT2D eigenvalue weighted by Crippen LogP contribution is -1.99. The summed E-state index contributed by atoms with van der Waals surface area (Å²) in [5.74, 6) is 0. The van der Waals surface area contributed by atoms with Crippen molar-refractivity contribution in [1.82, 2.24) is 14.1 Å². The maximum atomic E-state index is 5.51. The second-order valence-corrected chi connectivity index (χ2v) is 17.1. The van der Waals surface area contributed by atoms with E-state index in [2.05, 4.69) is 234 Å². The van der Waals surface area contributed by atoms with Crippen molar-refractivity contribution in [2.75, 3.05) is 0 Å². The first kappa shape index (κ1) is 35.1. The summed E-state index contributed by atoms with van der Waals surface area (Å²) >= 11 is 0. The molecule has 0 aliphatic carbocycles. The molecule has 64 heavy (non-hydrogen) atoms. The number of rotatable bonds is 4. The highest BCUT2D eigenvalue weighted by molar-refractivity contribution is 6.22. The third-order valence-corrected chi connectivity index (χ3v) is 13.6. The minimum absolute atomic E-state index is 0.980. The summed E-state index contributed by atoms with van der Waals surface area (Å²) in [5, 5.41) is 15.7. The van der Waals surface area contributed by atoms with E-state index in [1.807, 2.05) is 0 Å². The van der Waals surface area contributed by atoms with Crippen molar-refractivity contribution in [3.05, 3.63) is 225 Å². The normalized spacial score (nSPS) is 12.1. The molecule has 3 heteroatoms. The van der Waals surface area contributed by atoms with Crippen LogP contribution < -0.4 is 0 Å². The number of pyridine rings is 1. The van der Waals surface area contributed by atoms with E-state index in [-0.39, 0.29) is 0 Å². The average molecular weight is 812 g/mol. The molecule has 14 rings (SSSR count). The van der Waals surface area contributed by atoms with Crippen molar-refractivity contribution in [3.63, 3.8) is 0 Å². The summed E-state index contributed by atoms with van der Waals surface area (Å²) in [5.41, 5.74) is 12.5. The van der Waals surface area contributed by atoms with Crippen LogP contribution in [-0.4, -0.2) is 14.1 Å². The van der Waals surface area contributed by atoms with Crippen LogP contribution >= 0.6 is 0 Å². The summed E-state index contributed by atoms with van der Waals surface area (Å²) in [6.07, 6.45) is 2.08. The fraction of sp³-hybridized carbons (Fsp3) is 0. The molecule has 0 unspecified atom stereocenters. The van der Waals surface area contributed by atoms with Crippen LogP contribution in [0.4, 0.5) is 0 Å². The molecule has 14 aromatic rings. The molecule has 0 amide bonds. The van der Waals surface area contributed by atoms with Gasteiger partial charge in [-0.1, -0.05) is 158 Å². The Balaban J connectivity index is 1.12. The van der Waals surface area contributed by atoms with E-state index in [1.165, 1.54) is 87.1 Å². The van der Waals surface area contributed by atoms with Crippen LogP contribution in [0.1, 0.15) is 0 Å². The summed E-state index contributed by atoms with van der Waals surface area (Å²) < 4.78 is 4.86. The van der Waals surface area contributed by atoms with Gasteiger partial charge < -0.3 is 9.13 Å². The predicted octanol–water partition coefficient (Wildman–Crippen LogP) is 16.4. The Labute approximate surface area is 368 Å². The second-order valence-electron chi connectivity index (χ2n) is 17.1. The van der Waals surface area contributed by atoms with Crippen molar-refractivity contribution in [2.45, 2.75) is 0 Å². The molecule has 0 saturated carbocycles. The summed E-state index contributed by atoms with van der Waals surface area (Å²) in [4.78, 5) is 5.51. The van der Waals surface area contributed by atoms with Crippen LogP contribution in [0, 0.1) is 0 Å². The molecule has 0 atom stereocenters. The minimum Gasteiger partial charge on any atom is -0.309 e. The first-order valence-electron chi connectivity index (χ1n) is 22.0. The van der Waals surface area contributed by atoms with E-state index in [1.54, 1.807) is 0 Å². The first-order chi connectivity index (χ1) is 31.7. The van der Waals surface area contributed by atoms with E-state index in [0.717, 1.165) is 44.1 Å². The zero-order valence-electron chi connectivity index (χ0n) is 34.7. The van der Waals surface area contributed by atoms with Gasteiger partial charge in [-0.05, 0) is 121 Å².